The molecule has 0 radical (unpaired) electrons. The standard InChI is InChI=1S/C13H16BrN3.ClH/c14-13-4-1-3-12(9-13)10-15-5-2-7-17-8-6-16-11-17;/h1,3-4,6,8-9,11,15H,2,5,7,10H2;1H. The number of aromatic nitrogens is 2. The van der Waals surface area contributed by atoms with Gasteiger partial charge in [-0.2, -0.15) is 0 Å². The lowest BCUT2D eigenvalue weighted by atomic mass is 10.2. The van der Waals surface area contributed by atoms with Crippen molar-refractivity contribution in [3.8, 4) is 0 Å². The molecule has 0 amide bonds. The van der Waals surface area contributed by atoms with Gasteiger partial charge >= 0.3 is 0 Å². The molecular weight excluding hydrogens is 314 g/mol. The van der Waals surface area contributed by atoms with Gasteiger partial charge in [0.05, 0.1) is 6.33 Å². The molecule has 1 heterocycles. The van der Waals surface area contributed by atoms with Crippen molar-refractivity contribution in [2.75, 3.05) is 6.54 Å². The van der Waals surface area contributed by atoms with E-state index >= 15 is 0 Å². The monoisotopic (exact) mass is 329 g/mol. The van der Waals surface area contributed by atoms with E-state index in [4.69, 9.17) is 0 Å². The van der Waals surface area contributed by atoms with Crippen LogP contribution in [0.25, 0.3) is 0 Å². The van der Waals surface area contributed by atoms with E-state index in [0.717, 1.165) is 30.5 Å². The molecule has 0 aliphatic rings. The Morgan fingerprint density at radius 1 is 1.33 bits per heavy atom. The summed E-state index contributed by atoms with van der Waals surface area (Å²) in [6.07, 6.45) is 6.78. The summed E-state index contributed by atoms with van der Waals surface area (Å²) in [6.45, 7) is 2.96. The van der Waals surface area contributed by atoms with Crippen molar-refractivity contribution in [2.45, 2.75) is 19.5 Å². The van der Waals surface area contributed by atoms with Gasteiger partial charge in [-0.15, -0.1) is 12.4 Å². The minimum Gasteiger partial charge on any atom is -0.337 e. The lowest BCUT2D eigenvalue weighted by Gasteiger charge is -2.05. The number of hydrogen-bond donors (Lipinski definition) is 1. The molecule has 0 saturated heterocycles. The Hall–Kier alpha value is -0.840. The van der Waals surface area contributed by atoms with Crippen molar-refractivity contribution in [3.63, 3.8) is 0 Å². The van der Waals surface area contributed by atoms with Crippen molar-refractivity contribution in [2.24, 2.45) is 0 Å². The van der Waals surface area contributed by atoms with Crippen LogP contribution in [0.4, 0.5) is 0 Å². The summed E-state index contributed by atoms with van der Waals surface area (Å²) in [4.78, 5) is 4.02. The number of nitrogens with one attached hydrogen (secondary N) is 1. The summed E-state index contributed by atoms with van der Waals surface area (Å²) < 4.78 is 3.23. The molecule has 5 heteroatoms. The zero-order valence-corrected chi connectivity index (χ0v) is 12.5. The second kappa shape index (κ2) is 8.29. The van der Waals surface area contributed by atoms with Crippen LogP contribution in [-0.4, -0.2) is 16.1 Å². The number of benzene rings is 1. The highest BCUT2D eigenvalue weighted by Crippen LogP contribution is 2.11. The molecule has 1 N–H and O–H groups in total. The molecular formula is C13H17BrClN3. The topological polar surface area (TPSA) is 29.9 Å². The van der Waals surface area contributed by atoms with Gasteiger partial charge in [-0.3, -0.25) is 0 Å². The van der Waals surface area contributed by atoms with E-state index in [9.17, 15) is 0 Å². The fourth-order valence-electron chi connectivity index (χ4n) is 1.69. The van der Waals surface area contributed by atoms with Gasteiger partial charge in [0.25, 0.3) is 0 Å². The highest BCUT2D eigenvalue weighted by Gasteiger charge is 1.94. The molecule has 1 aromatic carbocycles. The lowest BCUT2D eigenvalue weighted by molar-refractivity contribution is 0.580. The van der Waals surface area contributed by atoms with E-state index in [1.165, 1.54) is 5.56 Å². The molecule has 2 aromatic rings. The average molecular weight is 331 g/mol. The van der Waals surface area contributed by atoms with E-state index in [1.54, 1.807) is 0 Å². The fourth-order valence-corrected chi connectivity index (χ4v) is 2.13. The Morgan fingerprint density at radius 2 is 2.22 bits per heavy atom. The predicted molar refractivity (Wildman–Crippen MR) is 79.9 cm³/mol. The molecule has 0 fully saturated rings. The minimum absolute atomic E-state index is 0. The Labute approximate surface area is 122 Å². The van der Waals surface area contributed by atoms with Crippen LogP contribution in [0, 0.1) is 0 Å². The van der Waals surface area contributed by atoms with E-state index in [-0.39, 0.29) is 12.4 Å². The van der Waals surface area contributed by atoms with Crippen LogP contribution in [0.5, 0.6) is 0 Å². The number of aryl methyl sites for hydroxylation is 1. The summed E-state index contributed by atoms with van der Waals surface area (Å²) >= 11 is 3.47. The summed E-state index contributed by atoms with van der Waals surface area (Å²) in [7, 11) is 0. The van der Waals surface area contributed by atoms with E-state index in [0.29, 0.717) is 0 Å². The first kappa shape index (κ1) is 15.2. The number of imidazole rings is 1. The van der Waals surface area contributed by atoms with Gasteiger partial charge in [0, 0.05) is 30.0 Å². The van der Waals surface area contributed by atoms with Crippen LogP contribution in [-0.2, 0) is 13.1 Å². The Bertz CT molecular complexity index is 445. The smallest absolute Gasteiger partial charge is 0.0945 e. The summed E-state index contributed by atoms with van der Waals surface area (Å²) in [5, 5.41) is 3.44. The Balaban J connectivity index is 0.00000162. The molecule has 2 rings (SSSR count). The van der Waals surface area contributed by atoms with Gasteiger partial charge < -0.3 is 9.88 Å². The molecule has 0 aliphatic carbocycles. The van der Waals surface area contributed by atoms with Crippen LogP contribution < -0.4 is 5.32 Å². The van der Waals surface area contributed by atoms with Crippen molar-refractivity contribution < 1.29 is 0 Å². The molecule has 0 spiro atoms. The van der Waals surface area contributed by atoms with Gasteiger partial charge in [0.2, 0.25) is 0 Å². The molecule has 1 aromatic heterocycles. The minimum atomic E-state index is 0. The van der Waals surface area contributed by atoms with E-state index in [1.807, 2.05) is 24.8 Å². The maximum atomic E-state index is 4.02. The first-order chi connectivity index (χ1) is 8.34. The molecule has 18 heavy (non-hydrogen) atoms. The highest BCUT2D eigenvalue weighted by atomic mass is 79.9. The summed E-state index contributed by atoms with van der Waals surface area (Å²) in [5.41, 5.74) is 1.31. The van der Waals surface area contributed by atoms with Crippen molar-refractivity contribution in [3.05, 3.63) is 53.0 Å². The first-order valence-corrected chi connectivity index (χ1v) is 6.55. The van der Waals surface area contributed by atoms with Crippen molar-refractivity contribution in [1.29, 1.82) is 0 Å². The third-order valence-electron chi connectivity index (χ3n) is 2.55. The average Bonchev–Trinajstić information content (AvgIpc) is 2.82. The van der Waals surface area contributed by atoms with Crippen molar-refractivity contribution in [1.82, 2.24) is 14.9 Å². The Kier molecular flexibility index (Phi) is 7.01. The molecule has 0 atom stereocenters. The van der Waals surface area contributed by atoms with E-state index in [2.05, 4.69) is 49.0 Å². The Morgan fingerprint density at radius 3 is 2.94 bits per heavy atom. The van der Waals surface area contributed by atoms with Gasteiger partial charge in [-0.1, -0.05) is 28.1 Å². The van der Waals surface area contributed by atoms with Gasteiger partial charge in [-0.25, -0.2) is 4.98 Å². The third kappa shape index (κ3) is 5.21. The van der Waals surface area contributed by atoms with Crippen LogP contribution in [0.3, 0.4) is 0 Å². The van der Waals surface area contributed by atoms with Gasteiger partial charge in [0.1, 0.15) is 0 Å². The zero-order valence-electron chi connectivity index (χ0n) is 10.1. The molecule has 0 saturated carbocycles. The normalized spacial score (nSPS) is 10.1. The van der Waals surface area contributed by atoms with Crippen LogP contribution in [0.1, 0.15) is 12.0 Å². The predicted octanol–water partition coefficient (Wildman–Crippen LogP) is 3.25. The maximum absolute atomic E-state index is 4.02. The maximum Gasteiger partial charge on any atom is 0.0945 e. The van der Waals surface area contributed by atoms with Gasteiger partial charge in [0.15, 0.2) is 0 Å². The van der Waals surface area contributed by atoms with Crippen LogP contribution in [0.2, 0.25) is 0 Å². The third-order valence-corrected chi connectivity index (χ3v) is 3.04. The van der Waals surface area contributed by atoms with Crippen molar-refractivity contribution >= 4 is 28.3 Å². The number of hydrogen-bond acceptors (Lipinski definition) is 2. The molecule has 0 unspecified atom stereocenters. The largest absolute Gasteiger partial charge is 0.337 e. The molecule has 0 aliphatic heterocycles. The number of halogens is 2. The highest BCUT2D eigenvalue weighted by molar-refractivity contribution is 9.10. The van der Waals surface area contributed by atoms with Gasteiger partial charge in [-0.05, 0) is 30.7 Å². The summed E-state index contributed by atoms with van der Waals surface area (Å²) in [5.74, 6) is 0. The SMILES string of the molecule is Brc1cccc(CNCCCn2ccnc2)c1.Cl. The van der Waals surface area contributed by atoms with E-state index < -0.39 is 0 Å². The summed E-state index contributed by atoms with van der Waals surface area (Å²) in [6, 6.07) is 8.38. The van der Waals surface area contributed by atoms with Crippen LogP contribution in [0.15, 0.2) is 47.5 Å². The molecule has 0 bridgehead atoms. The second-order valence-corrected chi connectivity index (χ2v) is 4.88. The van der Waals surface area contributed by atoms with Crippen LogP contribution >= 0.6 is 28.3 Å². The molecule has 98 valence electrons. The zero-order chi connectivity index (χ0) is 11.9. The second-order valence-electron chi connectivity index (χ2n) is 3.96. The number of nitrogens with zero attached hydrogens (tertiary/aromatic N) is 2. The first-order valence-electron chi connectivity index (χ1n) is 5.75. The quantitative estimate of drug-likeness (QED) is 0.824. The molecule has 3 nitrogen and oxygen atoms in total. The fraction of sp³-hybridized carbons (Fsp3) is 0.308. The lowest BCUT2D eigenvalue weighted by Crippen LogP contribution is -2.16. The number of rotatable bonds is 6.